The van der Waals surface area contributed by atoms with E-state index in [2.05, 4.69) is 5.32 Å². The zero-order valence-electron chi connectivity index (χ0n) is 11.8. The highest BCUT2D eigenvalue weighted by Crippen LogP contribution is 2.43. The number of rotatable bonds is 2. The van der Waals surface area contributed by atoms with E-state index in [1.54, 1.807) is 12.1 Å². The number of hydrogen-bond acceptors (Lipinski definition) is 3. The van der Waals surface area contributed by atoms with Crippen molar-refractivity contribution in [2.75, 3.05) is 7.11 Å². The van der Waals surface area contributed by atoms with Gasteiger partial charge in [-0.25, -0.2) is 4.79 Å². The van der Waals surface area contributed by atoms with Crippen molar-refractivity contribution in [3.8, 4) is 11.1 Å². The molecule has 0 aromatic heterocycles. The molecule has 0 radical (unpaired) electrons. The van der Waals surface area contributed by atoms with Crippen LogP contribution >= 0.6 is 0 Å². The first-order chi connectivity index (χ1) is 10.1. The summed E-state index contributed by atoms with van der Waals surface area (Å²) in [4.78, 5) is 23.2. The lowest BCUT2D eigenvalue weighted by atomic mass is 10.0. The molecular formula is C17H15NO3. The molecule has 0 aliphatic heterocycles. The van der Waals surface area contributed by atoms with Gasteiger partial charge in [-0.05, 0) is 34.4 Å². The van der Waals surface area contributed by atoms with Crippen LogP contribution in [0.1, 0.15) is 34.5 Å². The first-order valence-electron chi connectivity index (χ1n) is 6.70. The van der Waals surface area contributed by atoms with Gasteiger partial charge in [0.2, 0.25) is 5.91 Å². The minimum absolute atomic E-state index is 0.105. The third-order valence-electron chi connectivity index (χ3n) is 3.69. The fourth-order valence-electron chi connectivity index (χ4n) is 2.81. The van der Waals surface area contributed by atoms with Crippen LogP contribution < -0.4 is 5.32 Å². The minimum Gasteiger partial charge on any atom is -0.465 e. The standard InChI is InChI=1S/C17H15NO3/c1-10(19)18-16-14-6-4-3-5-12(14)13-8-7-11(9-15(13)16)17(20)21-2/h3-9,16H,1-2H3,(H,18,19). The number of fused-ring (bicyclic) bond motifs is 3. The van der Waals surface area contributed by atoms with Gasteiger partial charge < -0.3 is 10.1 Å². The van der Waals surface area contributed by atoms with Crippen LogP contribution in [-0.4, -0.2) is 19.0 Å². The molecule has 2 aromatic rings. The zero-order valence-corrected chi connectivity index (χ0v) is 11.8. The van der Waals surface area contributed by atoms with Crippen LogP contribution in [0.15, 0.2) is 42.5 Å². The van der Waals surface area contributed by atoms with E-state index in [1.165, 1.54) is 14.0 Å². The first-order valence-corrected chi connectivity index (χ1v) is 6.70. The normalized spacial score (nSPS) is 15.0. The van der Waals surface area contributed by atoms with Gasteiger partial charge in [0.05, 0.1) is 18.7 Å². The predicted molar refractivity (Wildman–Crippen MR) is 78.9 cm³/mol. The van der Waals surface area contributed by atoms with Gasteiger partial charge in [-0.1, -0.05) is 30.3 Å². The Balaban J connectivity index is 2.15. The van der Waals surface area contributed by atoms with Crippen molar-refractivity contribution in [1.29, 1.82) is 0 Å². The summed E-state index contributed by atoms with van der Waals surface area (Å²) in [7, 11) is 1.36. The third kappa shape index (κ3) is 2.18. The number of carbonyl (C=O) groups is 2. The molecule has 106 valence electrons. The molecule has 2 aromatic carbocycles. The highest BCUT2D eigenvalue weighted by Gasteiger charge is 2.29. The Kier molecular flexibility index (Phi) is 3.22. The van der Waals surface area contributed by atoms with Crippen molar-refractivity contribution in [2.24, 2.45) is 0 Å². The van der Waals surface area contributed by atoms with Crippen molar-refractivity contribution in [3.05, 3.63) is 59.2 Å². The Bertz CT molecular complexity index is 737. The summed E-state index contributed by atoms with van der Waals surface area (Å²) in [6.45, 7) is 1.49. The van der Waals surface area contributed by atoms with Gasteiger partial charge in [0.1, 0.15) is 0 Å². The predicted octanol–water partition coefficient (Wildman–Crippen LogP) is 2.68. The number of amides is 1. The summed E-state index contributed by atoms with van der Waals surface area (Å²) in [5, 5.41) is 2.95. The summed E-state index contributed by atoms with van der Waals surface area (Å²) in [6.07, 6.45) is 0. The second-order valence-electron chi connectivity index (χ2n) is 5.01. The SMILES string of the molecule is COC(=O)c1ccc2c(c1)C(NC(C)=O)c1ccccc1-2. The fraction of sp³-hybridized carbons (Fsp3) is 0.176. The van der Waals surface area contributed by atoms with E-state index in [-0.39, 0.29) is 17.9 Å². The number of nitrogens with one attached hydrogen (secondary N) is 1. The molecule has 3 rings (SSSR count). The number of methoxy groups -OCH3 is 1. The third-order valence-corrected chi connectivity index (χ3v) is 3.69. The highest BCUT2D eigenvalue weighted by atomic mass is 16.5. The lowest BCUT2D eigenvalue weighted by Gasteiger charge is -2.15. The molecule has 4 heteroatoms. The second kappa shape index (κ2) is 5.05. The first kappa shape index (κ1) is 13.4. The minimum atomic E-state index is -0.379. The van der Waals surface area contributed by atoms with Gasteiger partial charge in [-0.2, -0.15) is 0 Å². The molecule has 1 aliphatic carbocycles. The van der Waals surface area contributed by atoms with E-state index in [0.29, 0.717) is 5.56 Å². The molecular weight excluding hydrogens is 266 g/mol. The summed E-state index contributed by atoms with van der Waals surface area (Å²) in [6, 6.07) is 13.1. The number of carbonyl (C=O) groups excluding carboxylic acids is 2. The lowest BCUT2D eigenvalue weighted by molar-refractivity contribution is -0.119. The average Bonchev–Trinajstić information content (AvgIpc) is 2.80. The van der Waals surface area contributed by atoms with Crippen LogP contribution in [0.3, 0.4) is 0 Å². The Labute approximate surface area is 122 Å². The Hall–Kier alpha value is -2.62. The smallest absolute Gasteiger partial charge is 0.337 e. The van der Waals surface area contributed by atoms with Crippen LogP contribution in [0.2, 0.25) is 0 Å². The van der Waals surface area contributed by atoms with Crippen LogP contribution in [0.4, 0.5) is 0 Å². The van der Waals surface area contributed by atoms with E-state index in [4.69, 9.17) is 4.74 Å². The Morgan fingerprint density at radius 2 is 1.76 bits per heavy atom. The van der Waals surface area contributed by atoms with E-state index in [0.717, 1.165) is 22.3 Å². The maximum absolute atomic E-state index is 11.7. The van der Waals surface area contributed by atoms with Crippen LogP contribution in [-0.2, 0) is 9.53 Å². The van der Waals surface area contributed by atoms with Gasteiger partial charge in [0.25, 0.3) is 0 Å². The highest BCUT2D eigenvalue weighted by molar-refractivity contribution is 5.92. The molecule has 0 saturated heterocycles. The number of esters is 1. The van der Waals surface area contributed by atoms with Crippen LogP contribution in [0, 0.1) is 0 Å². The summed E-state index contributed by atoms with van der Waals surface area (Å²) in [5.74, 6) is -0.485. The maximum atomic E-state index is 11.7. The van der Waals surface area contributed by atoms with Crippen LogP contribution in [0.25, 0.3) is 11.1 Å². The number of benzene rings is 2. The fourth-order valence-corrected chi connectivity index (χ4v) is 2.81. The van der Waals surface area contributed by atoms with Crippen molar-refractivity contribution in [2.45, 2.75) is 13.0 Å². The lowest BCUT2D eigenvalue weighted by Crippen LogP contribution is -2.25. The molecule has 0 fully saturated rings. The molecule has 1 aliphatic rings. The Morgan fingerprint density at radius 3 is 2.48 bits per heavy atom. The summed E-state index contributed by atoms with van der Waals surface area (Å²) < 4.78 is 4.76. The van der Waals surface area contributed by atoms with E-state index < -0.39 is 0 Å². The second-order valence-corrected chi connectivity index (χ2v) is 5.01. The number of ether oxygens (including phenoxy) is 1. The Morgan fingerprint density at radius 1 is 1.05 bits per heavy atom. The van der Waals surface area contributed by atoms with Crippen LogP contribution in [0.5, 0.6) is 0 Å². The van der Waals surface area contributed by atoms with E-state index >= 15 is 0 Å². The van der Waals surface area contributed by atoms with E-state index in [1.807, 2.05) is 30.3 Å². The largest absolute Gasteiger partial charge is 0.465 e. The topological polar surface area (TPSA) is 55.4 Å². The molecule has 0 spiro atoms. The molecule has 1 N–H and O–H groups in total. The molecule has 1 unspecified atom stereocenters. The van der Waals surface area contributed by atoms with Crippen molar-refractivity contribution in [3.63, 3.8) is 0 Å². The van der Waals surface area contributed by atoms with E-state index in [9.17, 15) is 9.59 Å². The van der Waals surface area contributed by atoms with Gasteiger partial charge in [0, 0.05) is 6.92 Å². The van der Waals surface area contributed by atoms with Crippen molar-refractivity contribution in [1.82, 2.24) is 5.32 Å². The molecule has 1 atom stereocenters. The molecule has 0 bridgehead atoms. The molecule has 1 amide bonds. The average molecular weight is 281 g/mol. The summed E-state index contributed by atoms with van der Waals surface area (Å²) in [5.41, 5.74) is 4.58. The summed E-state index contributed by atoms with van der Waals surface area (Å²) >= 11 is 0. The monoisotopic (exact) mass is 281 g/mol. The molecule has 4 nitrogen and oxygen atoms in total. The van der Waals surface area contributed by atoms with Gasteiger partial charge in [-0.3, -0.25) is 4.79 Å². The molecule has 21 heavy (non-hydrogen) atoms. The van der Waals surface area contributed by atoms with Gasteiger partial charge >= 0.3 is 5.97 Å². The molecule has 0 saturated carbocycles. The zero-order chi connectivity index (χ0) is 15.0. The number of hydrogen-bond donors (Lipinski definition) is 1. The maximum Gasteiger partial charge on any atom is 0.337 e. The van der Waals surface area contributed by atoms with Crippen molar-refractivity contribution >= 4 is 11.9 Å². The van der Waals surface area contributed by atoms with Crippen molar-refractivity contribution < 1.29 is 14.3 Å². The quantitative estimate of drug-likeness (QED) is 0.861. The molecule has 0 heterocycles. The van der Waals surface area contributed by atoms with Gasteiger partial charge in [-0.15, -0.1) is 0 Å². The van der Waals surface area contributed by atoms with Gasteiger partial charge in [0.15, 0.2) is 0 Å².